The largest absolute Gasteiger partial charge is 0.507 e. The average molecular weight is 599 g/mol. The van der Waals surface area contributed by atoms with E-state index in [1.807, 2.05) is 0 Å². The minimum absolute atomic E-state index is 0.664. The number of rotatable bonds is 7. The summed E-state index contributed by atoms with van der Waals surface area (Å²) >= 11 is 0. The lowest BCUT2D eigenvalue weighted by atomic mass is 9.87. The molecular formula is C26H30O16. The molecule has 0 spiro atoms. The summed E-state index contributed by atoms with van der Waals surface area (Å²) in [5, 5.41) is 122. The second-order valence-corrected chi connectivity index (χ2v) is 9.95. The van der Waals surface area contributed by atoms with Gasteiger partial charge in [0.15, 0.2) is 0 Å². The van der Waals surface area contributed by atoms with Gasteiger partial charge < -0.3 is 70.8 Å². The van der Waals surface area contributed by atoms with E-state index >= 15 is 0 Å². The van der Waals surface area contributed by atoms with E-state index in [0.717, 1.165) is 24.3 Å². The fourth-order valence-corrected chi connectivity index (χ4v) is 5.05. The van der Waals surface area contributed by atoms with Gasteiger partial charge in [-0.25, -0.2) is 0 Å². The fraction of sp³-hybridized carbons (Fsp3) is 0.462. The highest BCUT2D eigenvalue weighted by Gasteiger charge is 2.48. The number of ether oxygens (including phenoxy) is 2. The van der Waals surface area contributed by atoms with Crippen molar-refractivity contribution in [2.24, 2.45) is 0 Å². The van der Waals surface area contributed by atoms with Gasteiger partial charge in [-0.3, -0.25) is 9.59 Å². The Morgan fingerprint density at radius 2 is 0.881 bits per heavy atom. The van der Waals surface area contributed by atoms with Crippen molar-refractivity contribution in [2.75, 3.05) is 13.2 Å². The molecule has 0 unspecified atom stereocenters. The predicted octanol–water partition coefficient (Wildman–Crippen LogP) is -3.40. The zero-order valence-corrected chi connectivity index (χ0v) is 21.5. The zero-order valence-electron chi connectivity index (χ0n) is 21.5. The lowest BCUT2D eigenvalue weighted by Gasteiger charge is -2.40. The lowest BCUT2D eigenvalue weighted by Crippen LogP contribution is -2.55. The molecule has 0 amide bonds. The molecule has 16 heteroatoms. The van der Waals surface area contributed by atoms with Gasteiger partial charge in [0, 0.05) is 0 Å². The summed E-state index contributed by atoms with van der Waals surface area (Å²) in [4.78, 5) is 26.5. The Hall–Kier alpha value is -3.42. The number of aliphatic hydroxyl groups is 8. The SMILES string of the molecule is O=C(C(=O)c1ccc(O)c([C@@H]2O[C@H](CO)[C@@H](O)[C@H](O)[C@H]2O)c1O)c1ccc(O)c([C@H]2O[C@@H](CO)[C@H](O)[C@@H](O)[C@@H]2O)c1O. The Kier molecular flexibility index (Phi) is 9.05. The van der Waals surface area contributed by atoms with Crippen molar-refractivity contribution in [1.29, 1.82) is 0 Å². The number of carbonyl (C=O) groups is 2. The average Bonchev–Trinajstić information content (AvgIpc) is 2.96. The Bertz CT molecular complexity index is 1240. The fourth-order valence-electron chi connectivity index (χ4n) is 5.05. The molecule has 230 valence electrons. The highest BCUT2D eigenvalue weighted by atomic mass is 16.6. The Morgan fingerprint density at radius 3 is 1.19 bits per heavy atom. The standard InChI is InChI=1S/C26H30O16/c27-5-11-19(35)21(37)23(39)25(41-11)13-9(29)3-1-7(15(13)31)17(33)18(34)8-2-4-10(30)14(16(8)32)26-24(40)22(38)20(36)12(6-28)42-26/h1-4,11-12,19-32,35-40H,5-6H2/t11-,12+,19-,20+,21+,22-,23-,24+,25+,26-. The molecule has 2 aromatic rings. The molecule has 2 aliphatic heterocycles. The molecule has 2 aliphatic rings. The third-order valence-corrected chi connectivity index (χ3v) is 7.44. The quantitative estimate of drug-likeness (QED) is 0.109. The van der Waals surface area contributed by atoms with E-state index in [0.29, 0.717) is 0 Å². The number of carbonyl (C=O) groups excluding carboxylic acids is 2. The number of ketones is 2. The molecule has 0 bridgehead atoms. The minimum atomic E-state index is -1.97. The third kappa shape index (κ3) is 5.18. The molecule has 2 heterocycles. The first-order chi connectivity index (χ1) is 19.8. The van der Waals surface area contributed by atoms with E-state index in [1.54, 1.807) is 0 Å². The first-order valence-electron chi connectivity index (χ1n) is 12.6. The van der Waals surface area contributed by atoms with Crippen LogP contribution in [0.2, 0.25) is 0 Å². The maximum atomic E-state index is 13.2. The maximum Gasteiger partial charge on any atom is 0.237 e. The number of aliphatic hydroxyl groups excluding tert-OH is 8. The monoisotopic (exact) mass is 598 g/mol. The van der Waals surface area contributed by atoms with E-state index in [1.165, 1.54) is 0 Å². The van der Waals surface area contributed by atoms with E-state index in [4.69, 9.17) is 9.47 Å². The minimum Gasteiger partial charge on any atom is -0.507 e. The van der Waals surface area contributed by atoms with E-state index in [9.17, 15) is 70.9 Å². The van der Waals surface area contributed by atoms with Gasteiger partial charge in [0.25, 0.3) is 0 Å². The van der Waals surface area contributed by atoms with Gasteiger partial charge in [0.2, 0.25) is 11.6 Å². The second kappa shape index (κ2) is 12.1. The topological polar surface area (TPSA) is 295 Å². The van der Waals surface area contributed by atoms with E-state index < -0.39 is 131 Å². The van der Waals surface area contributed by atoms with Crippen molar-refractivity contribution in [3.05, 3.63) is 46.5 Å². The summed E-state index contributed by atoms with van der Waals surface area (Å²) in [5.74, 6) is -6.63. The van der Waals surface area contributed by atoms with Gasteiger partial charge in [-0.2, -0.15) is 0 Å². The Balaban J connectivity index is 1.72. The van der Waals surface area contributed by atoms with Crippen LogP contribution in [0.4, 0.5) is 0 Å². The summed E-state index contributed by atoms with van der Waals surface area (Å²) in [6.07, 6.45) is -17.8. The van der Waals surface area contributed by atoms with Crippen LogP contribution in [0.3, 0.4) is 0 Å². The van der Waals surface area contributed by atoms with Gasteiger partial charge in [-0.1, -0.05) is 0 Å². The zero-order chi connectivity index (χ0) is 31.2. The van der Waals surface area contributed by atoms with Crippen molar-refractivity contribution >= 4 is 11.6 Å². The Morgan fingerprint density at radius 1 is 0.548 bits per heavy atom. The molecular weight excluding hydrogens is 568 g/mol. The summed E-state index contributed by atoms with van der Waals surface area (Å²) in [7, 11) is 0. The van der Waals surface area contributed by atoms with E-state index in [2.05, 4.69) is 0 Å². The van der Waals surface area contributed by atoms with Crippen molar-refractivity contribution < 1.29 is 80.3 Å². The predicted molar refractivity (Wildman–Crippen MR) is 134 cm³/mol. The van der Waals surface area contributed by atoms with Crippen LogP contribution in [0.1, 0.15) is 44.1 Å². The molecule has 0 radical (unpaired) electrons. The molecule has 42 heavy (non-hydrogen) atoms. The van der Waals surface area contributed by atoms with Crippen LogP contribution in [0, 0.1) is 0 Å². The van der Waals surface area contributed by atoms with Gasteiger partial charge in [0.1, 0.15) is 84.0 Å². The molecule has 2 saturated heterocycles. The van der Waals surface area contributed by atoms with Crippen molar-refractivity contribution in [3.63, 3.8) is 0 Å². The second-order valence-electron chi connectivity index (χ2n) is 9.95. The smallest absolute Gasteiger partial charge is 0.237 e. The number of aromatic hydroxyl groups is 4. The molecule has 0 aromatic heterocycles. The van der Waals surface area contributed by atoms with Crippen molar-refractivity contribution in [1.82, 2.24) is 0 Å². The molecule has 12 N–H and O–H groups in total. The van der Waals surface area contributed by atoms with E-state index in [-0.39, 0.29) is 0 Å². The van der Waals surface area contributed by atoms with Crippen molar-refractivity contribution in [3.8, 4) is 23.0 Å². The number of Topliss-reactive ketones (excluding diaryl/α,β-unsaturated/α-hetero) is 2. The molecule has 2 aromatic carbocycles. The number of phenolic OH excluding ortho intramolecular Hbond substituents is 4. The van der Waals surface area contributed by atoms with Crippen LogP contribution >= 0.6 is 0 Å². The maximum absolute atomic E-state index is 13.2. The normalized spacial score (nSPS) is 33.3. The van der Waals surface area contributed by atoms with Crippen LogP contribution in [0.15, 0.2) is 24.3 Å². The van der Waals surface area contributed by atoms with Gasteiger partial charge in [-0.15, -0.1) is 0 Å². The first kappa shape index (κ1) is 31.5. The highest BCUT2D eigenvalue weighted by Crippen LogP contribution is 2.45. The van der Waals surface area contributed by atoms with Crippen LogP contribution in [-0.4, -0.2) is 135 Å². The summed E-state index contributed by atoms with van der Waals surface area (Å²) in [5.41, 5.74) is -2.87. The Labute approximate surface area is 236 Å². The highest BCUT2D eigenvalue weighted by molar-refractivity contribution is 6.50. The lowest BCUT2D eigenvalue weighted by molar-refractivity contribution is -0.232. The summed E-state index contributed by atoms with van der Waals surface area (Å²) in [6.45, 7) is -1.67. The van der Waals surface area contributed by atoms with Crippen molar-refractivity contribution in [2.45, 2.75) is 61.0 Å². The molecule has 0 aliphatic carbocycles. The molecule has 0 saturated carbocycles. The van der Waals surface area contributed by atoms with Crippen LogP contribution in [-0.2, 0) is 9.47 Å². The molecule has 4 rings (SSSR count). The molecule has 10 atom stereocenters. The number of benzene rings is 2. The molecule has 2 fully saturated rings. The van der Waals surface area contributed by atoms with Crippen LogP contribution in [0.25, 0.3) is 0 Å². The summed E-state index contributed by atoms with van der Waals surface area (Å²) < 4.78 is 10.7. The number of hydrogen-bond donors (Lipinski definition) is 12. The first-order valence-corrected chi connectivity index (χ1v) is 12.6. The van der Waals surface area contributed by atoms with Gasteiger partial charge in [-0.05, 0) is 24.3 Å². The summed E-state index contributed by atoms with van der Waals surface area (Å²) in [6, 6.07) is 3.36. The van der Waals surface area contributed by atoms with Gasteiger partial charge in [0.05, 0.1) is 35.5 Å². The number of phenols is 4. The van der Waals surface area contributed by atoms with Gasteiger partial charge >= 0.3 is 0 Å². The number of hydrogen-bond acceptors (Lipinski definition) is 16. The van der Waals surface area contributed by atoms with Crippen LogP contribution in [0.5, 0.6) is 23.0 Å². The third-order valence-electron chi connectivity index (χ3n) is 7.44. The molecule has 16 nitrogen and oxygen atoms in total. The van der Waals surface area contributed by atoms with Crippen LogP contribution < -0.4 is 0 Å².